The van der Waals surface area contributed by atoms with Crippen LogP contribution in [0.3, 0.4) is 0 Å². The summed E-state index contributed by atoms with van der Waals surface area (Å²) in [6.07, 6.45) is 5.53. The van der Waals surface area contributed by atoms with Crippen LogP contribution in [0.15, 0.2) is 0 Å². The van der Waals surface area contributed by atoms with Crippen LogP contribution < -0.4 is 5.32 Å². The molecular formula is C15H30N4. The van der Waals surface area contributed by atoms with E-state index in [9.17, 15) is 0 Å². The molecule has 0 amide bonds. The summed E-state index contributed by atoms with van der Waals surface area (Å²) >= 11 is 0. The van der Waals surface area contributed by atoms with E-state index in [0.29, 0.717) is 0 Å². The molecule has 4 nitrogen and oxygen atoms in total. The van der Waals surface area contributed by atoms with E-state index in [4.69, 9.17) is 0 Å². The van der Waals surface area contributed by atoms with Crippen LogP contribution in [0, 0.1) is 0 Å². The van der Waals surface area contributed by atoms with Gasteiger partial charge in [-0.25, -0.2) is 0 Å². The SMILES string of the molecule is CN1CCN(CCCNC2CCN3CCCC23)CC1. The van der Waals surface area contributed by atoms with Crippen molar-refractivity contribution in [3.63, 3.8) is 0 Å². The van der Waals surface area contributed by atoms with Crippen molar-refractivity contribution in [1.29, 1.82) is 0 Å². The molecular weight excluding hydrogens is 236 g/mol. The Morgan fingerprint density at radius 1 is 1.00 bits per heavy atom. The van der Waals surface area contributed by atoms with E-state index >= 15 is 0 Å². The number of hydrogen-bond acceptors (Lipinski definition) is 4. The van der Waals surface area contributed by atoms with Gasteiger partial charge in [0.05, 0.1) is 0 Å². The average molecular weight is 266 g/mol. The van der Waals surface area contributed by atoms with Gasteiger partial charge in [0.2, 0.25) is 0 Å². The van der Waals surface area contributed by atoms with E-state index in [-0.39, 0.29) is 0 Å². The molecule has 0 aromatic carbocycles. The summed E-state index contributed by atoms with van der Waals surface area (Å²) in [6, 6.07) is 1.65. The van der Waals surface area contributed by atoms with Gasteiger partial charge in [-0.1, -0.05) is 0 Å². The Hall–Kier alpha value is -0.160. The maximum Gasteiger partial charge on any atom is 0.0250 e. The summed E-state index contributed by atoms with van der Waals surface area (Å²) in [4.78, 5) is 7.75. The molecule has 3 aliphatic heterocycles. The molecule has 0 aromatic rings. The molecule has 3 fully saturated rings. The molecule has 19 heavy (non-hydrogen) atoms. The molecule has 3 aliphatic rings. The fourth-order valence-corrected chi connectivity index (χ4v) is 3.98. The van der Waals surface area contributed by atoms with Crippen LogP contribution in [0.4, 0.5) is 0 Å². The molecule has 3 saturated heterocycles. The lowest BCUT2D eigenvalue weighted by atomic mass is 10.1. The van der Waals surface area contributed by atoms with Gasteiger partial charge in [-0.15, -0.1) is 0 Å². The minimum absolute atomic E-state index is 0.787. The van der Waals surface area contributed by atoms with Crippen LogP contribution in [0.5, 0.6) is 0 Å². The topological polar surface area (TPSA) is 21.8 Å². The third-order valence-corrected chi connectivity index (χ3v) is 5.26. The zero-order chi connectivity index (χ0) is 13.1. The first-order valence-electron chi connectivity index (χ1n) is 8.21. The molecule has 0 bridgehead atoms. The first-order valence-corrected chi connectivity index (χ1v) is 8.21. The molecule has 0 aromatic heterocycles. The van der Waals surface area contributed by atoms with Gasteiger partial charge in [0, 0.05) is 44.8 Å². The van der Waals surface area contributed by atoms with Gasteiger partial charge >= 0.3 is 0 Å². The highest BCUT2D eigenvalue weighted by molar-refractivity contribution is 4.95. The van der Waals surface area contributed by atoms with E-state index in [1.807, 2.05) is 0 Å². The second kappa shape index (κ2) is 6.53. The van der Waals surface area contributed by atoms with Crippen molar-refractivity contribution in [2.45, 2.75) is 37.8 Å². The zero-order valence-corrected chi connectivity index (χ0v) is 12.5. The smallest absolute Gasteiger partial charge is 0.0250 e. The lowest BCUT2D eigenvalue weighted by Gasteiger charge is -2.32. The fourth-order valence-electron chi connectivity index (χ4n) is 3.98. The number of hydrogen-bond donors (Lipinski definition) is 1. The molecule has 0 spiro atoms. The lowest BCUT2D eigenvalue weighted by molar-refractivity contribution is 0.152. The Morgan fingerprint density at radius 2 is 1.84 bits per heavy atom. The average Bonchev–Trinajstić information content (AvgIpc) is 3.01. The zero-order valence-electron chi connectivity index (χ0n) is 12.5. The van der Waals surface area contributed by atoms with E-state index in [1.165, 1.54) is 78.0 Å². The van der Waals surface area contributed by atoms with Crippen molar-refractivity contribution < 1.29 is 0 Å². The molecule has 0 aliphatic carbocycles. The van der Waals surface area contributed by atoms with E-state index in [0.717, 1.165) is 12.1 Å². The molecule has 2 unspecified atom stereocenters. The summed E-state index contributed by atoms with van der Waals surface area (Å²) in [6.45, 7) is 10.2. The van der Waals surface area contributed by atoms with Crippen LogP contribution in [-0.2, 0) is 0 Å². The largest absolute Gasteiger partial charge is 0.312 e. The Kier molecular flexibility index (Phi) is 4.74. The van der Waals surface area contributed by atoms with Crippen LogP contribution in [0.1, 0.15) is 25.7 Å². The van der Waals surface area contributed by atoms with Crippen molar-refractivity contribution in [3.05, 3.63) is 0 Å². The molecule has 2 atom stereocenters. The normalized spacial score (nSPS) is 33.9. The number of likely N-dealkylation sites (N-methyl/N-ethyl adjacent to an activating group) is 1. The quantitative estimate of drug-likeness (QED) is 0.729. The molecule has 3 rings (SSSR count). The van der Waals surface area contributed by atoms with Crippen molar-refractivity contribution in [2.75, 3.05) is 59.4 Å². The van der Waals surface area contributed by atoms with Crippen LogP contribution in [0.25, 0.3) is 0 Å². The summed E-state index contributed by atoms with van der Waals surface area (Å²) in [7, 11) is 2.23. The van der Waals surface area contributed by atoms with Crippen molar-refractivity contribution >= 4 is 0 Å². The van der Waals surface area contributed by atoms with E-state index in [2.05, 4.69) is 27.1 Å². The van der Waals surface area contributed by atoms with Crippen LogP contribution in [0.2, 0.25) is 0 Å². The summed E-state index contributed by atoms with van der Waals surface area (Å²) < 4.78 is 0. The Labute approximate surface area is 118 Å². The van der Waals surface area contributed by atoms with Crippen molar-refractivity contribution in [1.82, 2.24) is 20.0 Å². The van der Waals surface area contributed by atoms with Gasteiger partial charge in [0.15, 0.2) is 0 Å². The van der Waals surface area contributed by atoms with Crippen LogP contribution >= 0.6 is 0 Å². The highest BCUT2D eigenvalue weighted by Crippen LogP contribution is 2.27. The van der Waals surface area contributed by atoms with E-state index < -0.39 is 0 Å². The van der Waals surface area contributed by atoms with Crippen molar-refractivity contribution in [2.24, 2.45) is 0 Å². The minimum Gasteiger partial charge on any atom is -0.312 e. The summed E-state index contributed by atoms with van der Waals surface area (Å²) in [5.74, 6) is 0. The first kappa shape index (κ1) is 13.8. The Balaban J connectivity index is 1.29. The molecule has 110 valence electrons. The number of nitrogens with one attached hydrogen (secondary N) is 1. The van der Waals surface area contributed by atoms with Gasteiger partial charge < -0.3 is 15.1 Å². The van der Waals surface area contributed by atoms with E-state index in [1.54, 1.807) is 0 Å². The third-order valence-electron chi connectivity index (χ3n) is 5.26. The Morgan fingerprint density at radius 3 is 2.68 bits per heavy atom. The predicted molar refractivity (Wildman–Crippen MR) is 79.6 cm³/mol. The van der Waals surface area contributed by atoms with Gasteiger partial charge in [-0.05, 0) is 52.4 Å². The lowest BCUT2D eigenvalue weighted by Crippen LogP contribution is -2.45. The standard InChI is InChI=1S/C15H30N4/c1-17-10-12-18(13-11-17)7-3-6-16-14-5-9-19-8-2-4-15(14)19/h14-16H,2-13H2,1H3. The highest BCUT2D eigenvalue weighted by Gasteiger charge is 2.36. The van der Waals surface area contributed by atoms with Crippen LogP contribution in [-0.4, -0.2) is 86.2 Å². The van der Waals surface area contributed by atoms with Gasteiger partial charge in [-0.3, -0.25) is 4.90 Å². The predicted octanol–water partition coefficient (Wildman–Crippen LogP) is 0.450. The maximum atomic E-state index is 3.82. The monoisotopic (exact) mass is 266 g/mol. The number of nitrogens with zero attached hydrogens (tertiary/aromatic N) is 3. The fraction of sp³-hybridized carbons (Fsp3) is 1.00. The summed E-state index contributed by atoms with van der Waals surface area (Å²) in [5, 5.41) is 3.82. The minimum atomic E-state index is 0.787. The second-order valence-corrected chi connectivity index (χ2v) is 6.59. The number of rotatable bonds is 5. The molecule has 3 heterocycles. The molecule has 0 radical (unpaired) electrons. The van der Waals surface area contributed by atoms with Crippen molar-refractivity contribution in [3.8, 4) is 0 Å². The molecule has 0 saturated carbocycles. The maximum absolute atomic E-state index is 3.82. The number of piperazine rings is 1. The Bertz CT molecular complexity index is 275. The van der Waals surface area contributed by atoms with Gasteiger partial charge in [0.25, 0.3) is 0 Å². The first-order chi connectivity index (χ1) is 9.33. The second-order valence-electron chi connectivity index (χ2n) is 6.59. The van der Waals surface area contributed by atoms with Gasteiger partial charge in [0.1, 0.15) is 0 Å². The number of fused-ring (bicyclic) bond motifs is 1. The highest BCUT2D eigenvalue weighted by atomic mass is 15.3. The molecule has 1 N–H and O–H groups in total. The molecule has 4 heteroatoms. The van der Waals surface area contributed by atoms with Gasteiger partial charge in [-0.2, -0.15) is 0 Å². The summed E-state index contributed by atoms with van der Waals surface area (Å²) in [5.41, 5.74) is 0. The third kappa shape index (κ3) is 3.48.